The van der Waals surface area contributed by atoms with E-state index in [1.165, 1.54) is 12.1 Å². The van der Waals surface area contributed by atoms with Gasteiger partial charge in [0.15, 0.2) is 0 Å². The standard InChI is InChI=1S/C22H20ClN3O3/c23-17-8-9-19(18(13-17)20(27)22(29)25-11-3-10-24)26-21(28)16-7-6-14-4-1-2-5-15(14)12-16/h1-2,4-9,12-13H,3,10-11,24H2,(H,25,29)(H,26,28). The molecular weight excluding hydrogens is 390 g/mol. The molecule has 0 aromatic heterocycles. The molecule has 6 nitrogen and oxygen atoms in total. The minimum Gasteiger partial charge on any atom is -0.349 e. The van der Waals surface area contributed by atoms with Gasteiger partial charge in [-0.25, -0.2) is 0 Å². The average Bonchev–Trinajstić information content (AvgIpc) is 2.74. The summed E-state index contributed by atoms with van der Waals surface area (Å²) in [4.78, 5) is 37.4. The van der Waals surface area contributed by atoms with Crippen molar-refractivity contribution in [2.45, 2.75) is 6.42 Å². The third-order valence-electron chi connectivity index (χ3n) is 4.36. The van der Waals surface area contributed by atoms with E-state index >= 15 is 0 Å². The Morgan fingerprint density at radius 3 is 2.45 bits per heavy atom. The summed E-state index contributed by atoms with van der Waals surface area (Å²) in [6.07, 6.45) is 0.556. The lowest BCUT2D eigenvalue weighted by molar-refractivity contribution is -0.117. The Morgan fingerprint density at radius 2 is 1.69 bits per heavy atom. The second-order valence-corrected chi connectivity index (χ2v) is 6.87. The summed E-state index contributed by atoms with van der Waals surface area (Å²) >= 11 is 6.00. The first kappa shape index (κ1) is 20.5. The largest absolute Gasteiger partial charge is 0.349 e. The van der Waals surface area contributed by atoms with Crippen molar-refractivity contribution in [2.24, 2.45) is 5.73 Å². The molecule has 3 rings (SSSR count). The lowest BCUT2D eigenvalue weighted by Crippen LogP contribution is -2.33. The molecule has 0 aliphatic heterocycles. The maximum absolute atomic E-state index is 12.7. The van der Waals surface area contributed by atoms with Crippen molar-refractivity contribution in [3.05, 3.63) is 76.8 Å². The first-order chi connectivity index (χ1) is 14.0. The van der Waals surface area contributed by atoms with Crippen LogP contribution in [0.25, 0.3) is 10.8 Å². The summed E-state index contributed by atoms with van der Waals surface area (Å²) in [5, 5.41) is 7.43. The number of hydrogen-bond donors (Lipinski definition) is 3. The number of nitrogens with two attached hydrogens (primary N) is 1. The zero-order chi connectivity index (χ0) is 20.8. The number of halogens is 1. The van der Waals surface area contributed by atoms with Crippen LogP contribution in [-0.2, 0) is 4.79 Å². The molecule has 0 saturated heterocycles. The molecule has 0 aliphatic carbocycles. The molecule has 0 atom stereocenters. The Kier molecular flexibility index (Phi) is 6.59. The third kappa shape index (κ3) is 4.99. The van der Waals surface area contributed by atoms with Crippen molar-refractivity contribution in [3.63, 3.8) is 0 Å². The second-order valence-electron chi connectivity index (χ2n) is 6.43. The van der Waals surface area contributed by atoms with Gasteiger partial charge in [-0.15, -0.1) is 0 Å². The van der Waals surface area contributed by atoms with Crippen LogP contribution in [0.2, 0.25) is 5.02 Å². The number of nitrogens with one attached hydrogen (secondary N) is 2. The second kappa shape index (κ2) is 9.32. The summed E-state index contributed by atoms with van der Waals surface area (Å²) < 4.78 is 0. The van der Waals surface area contributed by atoms with Gasteiger partial charge in [0.2, 0.25) is 0 Å². The van der Waals surface area contributed by atoms with E-state index in [4.69, 9.17) is 17.3 Å². The molecule has 4 N–H and O–H groups in total. The minimum atomic E-state index is -0.779. The van der Waals surface area contributed by atoms with Crippen LogP contribution in [-0.4, -0.2) is 30.7 Å². The molecule has 0 saturated carbocycles. The molecule has 0 fully saturated rings. The molecule has 29 heavy (non-hydrogen) atoms. The Morgan fingerprint density at radius 1 is 0.931 bits per heavy atom. The Bertz CT molecular complexity index is 1080. The molecule has 0 bridgehead atoms. The number of carbonyl (C=O) groups is 3. The highest BCUT2D eigenvalue weighted by Crippen LogP contribution is 2.23. The van der Waals surface area contributed by atoms with Crippen LogP contribution in [0.3, 0.4) is 0 Å². The Balaban J connectivity index is 1.83. The molecule has 0 radical (unpaired) electrons. The predicted molar refractivity (Wildman–Crippen MR) is 114 cm³/mol. The summed E-state index contributed by atoms with van der Waals surface area (Å²) in [6.45, 7) is 0.694. The van der Waals surface area contributed by atoms with Crippen molar-refractivity contribution < 1.29 is 14.4 Å². The third-order valence-corrected chi connectivity index (χ3v) is 4.59. The molecule has 0 aliphatic rings. The van der Waals surface area contributed by atoms with Gasteiger partial charge in [0.1, 0.15) is 0 Å². The summed E-state index contributed by atoms with van der Waals surface area (Å²) in [6, 6.07) is 17.4. The number of carbonyl (C=O) groups excluding carboxylic acids is 3. The first-order valence-electron chi connectivity index (χ1n) is 9.12. The van der Waals surface area contributed by atoms with Crippen LogP contribution in [0.5, 0.6) is 0 Å². The number of amides is 2. The van der Waals surface area contributed by atoms with Crippen molar-refractivity contribution >= 4 is 45.7 Å². The smallest absolute Gasteiger partial charge is 0.292 e. The monoisotopic (exact) mass is 409 g/mol. The fourth-order valence-corrected chi connectivity index (χ4v) is 3.02. The number of anilines is 1. The highest BCUT2D eigenvalue weighted by atomic mass is 35.5. The van der Waals surface area contributed by atoms with Gasteiger partial charge >= 0.3 is 0 Å². The van der Waals surface area contributed by atoms with Gasteiger partial charge in [-0.1, -0.05) is 41.9 Å². The Labute approximate surface area is 173 Å². The average molecular weight is 410 g/mol. The zero-order valence-corrected chi connectivity index (χ0v) is 16.3. The predicted octanol–water partition coefficient (Wildman–Crippen LogP) is 3.39. The highest BCUT2D eigenvalue weighted by Gasteiger charge is 2.21. The first-order valence-corrected chi connectivity index (χ1v) is 9.49. The molecule has 148 valence electrons. The van der Waals surface area contributed by atoms with E-state index < -0.39 is 17.6 Å². The van der Waals surface area contributed by atoms with Gasteiger partial charge in [0.05, 0.1) is 11.3 Å². The van der Waals surface area contributed by atoms with E-state index in [0.29, 0.717) is 25.1 Å². The van der Waals surface area contributed by atoms with Crippen LogP contribution in [0.1, 0.15) is 27.1 Å². The van der Waals surface area contributed by atoms with E-state index in [1.807, 2.05) is 30.3 Å². The summed E-state index contributed by atoms with van der Waals surface area (Å²) in [7, 11) is 0. The van der Waals surface area contributed by atoms with E-state index in [-0.39, 0.29) is 16.3 Å². The fraction of sp³-hybridized carbons (Fsp3) is 0.136. The number of hydrogen-bond acceptors (Lipinski definition) is 4. The Hall–Kier alpha value is -3.22. The number of ketones is 1. The van der Waals surface area contributed by atoms with E-state index in [2.05, 4.69) is 10.6 Å². The van der Waals surface area contributed by atoms with Crippen LogP contribution in [0, 0.1) is 0 Å². The minimum absolute atomic E-state index is 0.0249. The van der Waals surface area contributed by atoms with Gasteiger partial charge in [-0.3, -0.25) is 14.4 Å². The number of benzene rings is 3. The van der Waals surface area contributed by atoms with Gasteiger partial charge in [0.25, 0.3) is 17.6 Å². The molecular formula is C22H20ClN3O3. The van der Waals surface area contributed by atoms with Crippen LogP contribution < -0.4 is 16.4 Å². The number of fused-ring (bicyclic) bond motifs is 1. The van der Waals surface area contributed by atoms with Gasteiger partial charge in [-0.05, 0) is 54.1 Å². The normalized spacial score (nSPS) is 10.6. The maximum Gasteiger partial charge on any atom is 0.292 e. The molecule has 3 aromatic rings. The van der Waals surface area contributed by atoms with Gasteiger partial charge < -0.3 is 16.4 Å². The lowest BCUT2D eigenvalue weighted by Gasteiger charge is -2.12. The van der Waals surface area contributed by atoms with Crippen LogP contribution in [0.4, 0.5) is 5.69 Å². The van der Waals surface area contributed by atoms with Crippen LogP contribution >= 0.6 is 11.6 Å². The molecule has 0 heterocycles. The zero-order valence-electron chi connectivity index (χ0n) is 15.6. The van der Waals surface area contributed by atoms with Crippen molar-refractivity contribution in [3.8, 4) is 0 Å². The van der Waals surface area contributed by atoms with Gasteiger partial charge in [0, 0.05) is 17.1 Å². The highest BCUT2D eigenvalue weighted by molar-refractivity contribution is 6.44. The van der Waals surface area contributed by atoms with E-state index in [9.17, 15) is 14.4 Å². The molecule has 7 heteroatoms. The molecule has 0 unspecified atom stereocenters. The maximum atomic E-state index is 12.7. The molecule has 0 spiro atoms. The van der Waals surface area contributed by atoms with Crippen LogP contribution in [0.15, 0.2) is 60.7 Å². The van der Waals surface area contributed by atoms with Crippen molar-refractivity contribution in [2.75, 3.05) is 18.4 Å². The number of Topliss-reactive ketones (excluding diaryl/α,β-unsaturated/α-hetero) is 1. The topological polar surface area (TPSA) is 101 Å². The summed E-state index contributed by atoms with van der Waals surface area (Å²) in [5.41, 5.74) is 6.06. The van der Waals surface area contributed by atoms with Crippen molar-refractivity contribution in [1.82, 2.24) is 5.32 Å². The SMILES string of the molecule is NCCCNC(=O)C(=O)c1cc(Cl)ccc1NC(=O)c1ccc2ccccc2c1. The summed E-state index contributed by atoms with van der Waals surface area (Å²) in [5.74, 6) is -1.95. The van der Waals surface area contributed by atoms with Gasteiger partial charge in [-0.2, -0.15) is 0 Å². The molecule has 2 amide bonds. The lowest BCUT2D eigenvalue weighted by atomic mass is 10.1. The van der Waals surface area contributed by atoms with E-state index in [1.54, 1.807) is 18.2 Å². The van der Waals surface area contributed by atoms with Crippen molar-refractivity contribution in [1.29, 1.82) is 0 Å². The van der Waals surface area contributed by atoms with E-state index in [0.717, 1.165) is 10.8 Å². The fourth-order valence-electron chi connectivity index (χ4n) is 2.84. The quantitative estimate of drug-likeness (QED) is 0.316. The number of rotatable bonds is 7. The molecule has 3 aromatic carbocycles.